The average Bonchev–Trinajstić information content (AvgIpc) is 1.88. The van der Waals surface area contributed by atoms with Gasteiger partial charge < -0.3 is 0 Å². The van der Waals surface area contributed by atoms with Gasteiger partial charge in [0.15, 0.2) is 11.6 Å². The summed E-state index contributed by atoms with van der Waals surface area (Å²) in [5.74, 6) is -1.63. The molecule has 0 aliphatic heterocycles. The molecule has 0 saturated heterocycles. The molecule has 0 bridgehead atoms. The third-order valence-corrected chi connectivity index (χ3v) is 1.07. The van der Waals surface area contributed by atoms with Gasteiger partial charge in [0.05, 0.1) is 0 Å². The fraction of sp³-hybridized carbons (Fsp3) is 0. The Morgan fingerprint density at radius 2 is 1.70 bits per heavy atom. The maximum absolute atomic E-state index is 12.4. The molecule has 2 nitrogen and oxygen atoms in total. The van der Waals surface area contributed by atoms with Crippen LogP contribution < -0.4 is 5.48 Å². The van der Waals surface area contributed by atoms with Crippen LogP contribution in [0.1, 0.15) is 0 Å². The summed E-state index contributed by atoms with van der Waals surface area (Å²) in [6.45, 7) is 0. The van der Waals surface area contributed by atoms with Gasteiger partial charge in [-0.25, -0.2) is 8.78 Å². The lowest BCUT2D eigenvalue weighted by atomic mass is 10.3. The smallest absolute Gasteiger partial charge is 0.151 e. The van der Waals surface area contributed by atoms with Crippen LogP contribution in [0.25, 0.3) is 0 Å². The molecule has 1 aromatic rings. The third-order valence-electron chi connectivity index (χ3n) is 1.07. The van der Waals surface area contributed by atoms with E-state index in [0.717, 1.165) is 12.1 Å². The first-order chi connectivity index (χ1) is 4.75. The minimum atomic E-state index is -0.817. The van der Waals surface area contributed by atoms with Gasteiger partial charge in [-0.15, -0.1) is 0 Å². The number of anilines is 1. The van der Waals surface area contributed by atoms with E-state index in [4.69, 9.17) is 5.21 Å². The van der Waals surface area contributed by atoms with Gasteiger partial charge in [-0.3, -0.25) is 10.7 Å². The van der Waals surface area contributed by atoms with Crippen LogP contribution >= 0.6 is 0 Å². The van der Waals surface area contributed by atoms with Gasteiger partial charge in [0.2, 0.25) is 0 Å². The Morgan fingerprint density at radius 3 is 2.00 bits per heavy atom. The Labute approximate surface area is 56.1 Å². The average molecular weight is 145 g/mol. The Kier molecular flexibility index (Phi) is 1.82. The van der Waals surface area contributed by atoms with E-state index in [1.165, 1.54) is 11.5 Å². The largest absolute Gasteiger partial charge is 0.291 e. The second-order valence-corrected chi connectivity index (χ2v) is 1.71. The highest BCUT2D eigenvalue weighted by molar-refractivity contribution is 5.43. The first-order valence-electron chi connectivity index (χ1n) is 2.60. The maximum atomic E-state index is 12.4. The van der Waals surface area contributed by atoms with Crippen molar-refractivity contribution in [2.24, 2.45) is 0 Å². The van der Waals surface area contributed by atoms with Crippen molar-refractivity contribution < 1.29 is 14.0 Å². The highest BCUT2D eigenvalue weighted by atomic mass is 19.1. The number of nitrogens with one attached hydrogen (secondary N) is 1. The molecule has 0 aliphatic rings. The summed E-state index contributed by atoms with van der Waals surface area (Å²) in [4.78, 5) is 0. The molecule has 0 unspecified atom stereocenters. The molecule has 0 fully saturated rings. The van der Waals surface area contributed by atoms with E-state index >= 15 is 0 Å². The van der Waals surface area contributed by atoms with Crippen molar-refractivity contribution in [3.8, 4) is 0 Å². The highest BCUT2D eigenvalue weighted by Crippen LogP contribution is 2.16. The first-order valence-corrected chi connectivity index (χ1v) is 2.60. The molecule has 0 spiro atoms. The number of hydrogen-bond donors (Lipinski definition) is 2. The predicted molar refractivity (Wildman–Crippen MR) is 31.8 cm³/mol. The standard InChI is InChI=1S/C6H5F2NO/c7-4-2-1-3-5(8)6(4)9-10/h1-3,9-10H. The summed E-state index contributed by atoms with van der Waals surface area (Å²) >= 11 is 0. The summed E-state index contributed by atoms with van der Waals surface area (Å²) in [6, 6.07) is 3.30. The fourth-order valence-electron chi connectivity index (χ4n) is 0.605. The van der Waals surface area contributed by atoms with Crippen LogP contribution in [0.5, 0.6) is 0 Å². The van der Waals surface area contributed by atoms with Crippen molar-refractivity contribution in [3.05, 3.63) is 29.8 Å². The van der Waals surface area contributed by atoms with Crippen molar-refractivity contribution in [2.75, 3.05) is 5.48 Å². The van der Waals surface area contributed by atoms with Gasteiger partial charge in [0.1, 0.15) is 5.69 Å². The van der Waals surface area contributed by atoms with Crippen molar-refractivity contribution in [3.63, 3.8) is 0 Å². The molecule has 0 aromatic heterocycles. The molecule has 0 saturated carbocycles. The molecule has 0 aliphatic carbocycles. The van der Waals surface area contributed by atoms with E-state index in [-0.39, 0.29) is 0 Å². The minimum Gasteiger partial charge on any atom is -0.291 e. The fourth-order valence-corrected chi connectivity index (χ4v) is 0.605. The van der Waals surface area contributed by atoms with Gasteiger partial charge in [-0.2, -0.15) is 0 Å². The quantitative estimate of drug-likeness (QED) is 0.590. The van der Waals surface area contributed by atoms with Crippen molar-refractivity contribution in [2.45, 2.75) is 0 Å². The zero-order valence-corrected chi connectivity index (χ0v) is 4.94. The van der Waals surface area contributed by atoms with Crippen molar-refractivity contribution >= 4 is 5.69 Å². The topological polar surface area (TPSA) is 32.3 Å². The van der Waals surface area contributed by atoms with Crippen LogP contribution in [-0.2, 0) is 0 Å². The Balaban J connectivity index is 3.17. The zero-order valence-electron chi connectivity index (χ0n) is 4.94. The minimum absolute atomic E-state index is 0.525. The van der Waals surface area contributed by atoms with Crippen LogP contribution in [0.3, 0.4) is 0 Å². The number of rotatable bonds is 1. The second-order valence-electron chi connectivity index (χ2n) is 1.71. The number of hydrogen-bond acceptors (Lipinski definition) is 2. The predicted octanol–water partition coefficient (Wildman–Crippen LogP) is 1.77. The molecule has 0 amide bonds. The lowest BCUT2D eigenvalue weighted by Crippen LogP contribution is -1.96. The van der Waals surface area contributed by atoms with Crippen molar-refractivity contribution in [1.82, 2.24) is 0 Å². The lowest BCUT2D eigenvalue weighted by Gasteiger charge is -1.99. The molecule has 54 valence electrons. The molecule has 0 radical (unpaired) electrons. The lowest BCUT2D eigenvalue weighted by molar-refractivity contribution is 0.378. The summed E-state index contributed by atoms with van der Waals surface area (Å²) in [5.41, 5.74) is 0.888. The van der Waals surface area contributed by atoms with E-state index in [0.29, 0.717) is 0 Å². The van der Waals surface area contributed by atoms with Gasteiger partial charge in [0, 0.05) is 0 Å². The van der Waals surface area contributed by atoms with E-state index < -0.39 is 17.3 Å². The summed E-state index contributed by atoms with van der Waals surface area (Å²) in [7, 11) is 0. The van der Waals surface area contributed by atoms with Crippen molar-refractivity contribution in [1.29, 1.82) is 0 Å². The van der Waals surface area contributed by atoms with E-state index in [2.05, 4.69) is 0 Å². The Hall–Kier alpha value is -1.16. The number of para-hydroxylation sites is 1. The van der Waals surface area contributed by atoms with E-state index in [1.807, 2.05) is 0 Å². The first kappa shape index (κ1) is 6.95. The van der Waals surface area contributed by atoms with Crippen LogP contribution in [0.4, 0.5) is 14.5 Å². The van der Waals surface area contributed by atoms with Crippen LogP contribution in [0.15, 0.2) is 18.2 Å². The molecule has 4 heteroatoms. The molecule has 2 N–H and O–H groups in total. The molecule has 0 heterocycles. The molecule has 10 heavy (non-hydrogen) atoms. The maximum Gasteiger partial charge on any atom is 0.151 e. The third kappa shape index (κ3) is 1.06. The molecule has 0 atom stereocenters. The van der Waals surface area contributed by atoms with Gasteiger partial charge in [-0.05, 0) is 12.1 Å². The van der Waals surface area contributed by atoms with E-state index in [9.17, 15) is 8.78 Å². The molecule has 1 aromatic carbocycles. The zero-order chi connectivity index (χ0) is 7.56. The van der Waals surface area contributed by atoms with Crippen LogP contribution in [0, 0.1) is 11.6 Å². The number of benzene rings is 1. The highest BCUT2D eigenvalue weighted by Gasteiger charge is 2.04. The van der Waals surface area contributed by atoms with Crippen LogP contribution in [-0.4, -0.2) is 5.21 Å². The molecular weight excluding hydrogens is 140 g/mol. The summed E-state index contributed by atoms with van der Waals surface area (Å²) in [6.07, 6.45) is 0. The van der Waals surface area contributed by atoms with Gasteiger partial charge >= 0.3 is 0 Å². The Bertz CT molecular complexity index is 219. The second kappa shape index (κ2) is 2.62. The summed E-state index contributed by atoms with van der Waals surface area (Å²) in [5, 5.41) is 8.17. The normalized spacial score (nSPS) is 9.50. The summed E-state index contributed by atoms with van der Waals surface area (Å²) < 4.78 is 24.8. The monoisotopic (exact) mass is 145 g/mol. The molecule has 1 rings (SSSR count). The molecular formula is C6H5F2NO. The van der Waals surface area contributed by atoms with Gasteiger partial charge in [0.25, 0.3) is 0 Å². The Morgan fingerprint density at radius 1 is 1.20 bits per heavy atom. The number of halogens is 2. The SMILES string of the molecule is ONc1c(F)cccc1F. The van der Waals surface area contributed by atoms with E-state index in [1.54, 1.807) is 0 Å². The van der Waals surface area contributed by atoms with Gasteiger partial charge in [-0.1, -0.05) is 6.07 Å². The van der Waals surface area contributed by atoms with Crippen LogP contribution in [0.2, 0.25) is 0 Å².